The zero-order valence-corrected chi connectivity index (χ0v) is 18.5. The fourth-order valence-corrected chi connectivity index (χ4v) is 5.69. The first kappa shape index (κ1) is 22.2. The number of aliphatic hydroxyl groups is 2. The summed E-state index contributed by atoms with van der Waals surface area (Å²) in [5.74, 6) is -0.393. The van der Waals surface area contributed by atoms with Crippen molar-refractivity contribution in [3.63, 3.8) is 0 Å². The molecule has 2 aliphatic heterocycles. The third-order valence-electron chi connectivity index (χ3n) is 6.45. The lowest BCUT2D eigenvalue weighted by Crippen LogP contribution is -2.44. The first-order chi connectivity index (χ1) is 14.7. The van der Waals surface area contributed by atoms with Gasteiger partial charge in [-0.3, -0.25) is 4.31 Å². The van der Waals surface area contributed by atoms with E-state index in [1.807, 2.05) is 6.07 Å². The van der Waals surface area contributed by atoms with E-state index in [1.165, 1.54) is 16.6 Å². The molecule has 1 saturated heterocycles. The lowest BCUT2D eigenvalue weighted by molar-refractivity contribution is -0.0367. The molecule has 0 saturated carbocycles. The van der Waals surface area contributed by atoms with Crippen LogP contribution in [-0.4, -0.2) is 56.0 Å². The van der Waals surface area contributed by atoms with Gasteiger partial charge in [0, 0.05) is 31.7 Å². The van der Waals surface area contributed by atoms with Crippen molar-refractivity contribution in [3.8, 4) is 0 Å². The van der Waals surface area contributed by atoms with Crippen LogP contribution < -0.4 is 4.31 Å². The maximum Gasteiger partial charge on any atom is 0.232 e. The van der Waals surface area contributed by atoms with Crippen molar-refractivity contribution < 1.29 is 23.0 Å². The molecule has 2 aliphatic rings. The van der Waals surface area contributed by atoms with E-state index in [0.717, 1.165) is 24.0 Å². The smallest absolute Gasteiger partial charge is 0.232 e. The maximum atomic E-state index is 14.1. The summed E-state index contributed by atoms with van der Waals surface area (Å²) in [6.45, 7) is 1.98. The van der Waals surface area contributed by atoms with Gasteiger partial charge in [-0.15, -0.1) is 0 Å². The molecule has 0 bridgehead atoms. The van der Waals surface area contributed by atoms with Gasteiger partial charge in [-0.25, -0.2) is 12.8 Å². The van der Waals surface area contributed by atoms with Crippen LogP contribution in [0, 0.1) is 5.82 Å². The number of β-amino-alcohol motifs (C(OH)–C–C–N with tert-alkyl or cyclic N) is 1. The van der Waals surface area contributed by atoms with E-state index in [4.69, 9.17) is 0 Å². The number of fused-ring (bicyclic) bond motifs is 1. The van der Waals surface area contributed by atoms with E-state index < -0.39 is 27.5 Å². The summed E-state index contributed by atoms with van der Waals surface area (Å²) in [4.78, 5) is 2.07. The summed E-state index contributed by atoms with van der Waals surface area (Å²) in [5, 5.41) is 21.7. The number of aliphatic hydroxyl groups excluding tert-OH is 1. The van der Waals surface area contributed by atoms with Crippen molar-refractivity contribution in [2.75, 3.05) is 36.7 Å². The second kappa shape index (κ2) is 8.50. The van der Waals surface area contributed by atoms with Gasteiger partial charge in [-0.2, -0.15) is 0 Å². The summed E-state index contributed by atoms with van der Waals surface area (Å²) in [6.07, 6.45) is 2.81. The quantitative estimate of drug-likeness (QED) is 0.735. The average Bonchev–Trinajstić information content (AvgIpc) is 2.74. The monoisotopic (exact) mass is 448 g/mol. The van der Waals surface area contributed by atoms with E-state index in [9.17, 15) is 23.0 Å². The van der Waals surface area contributed by atoms with Crippen molar-refractivity contribution >= 4 is 15.7 Å². The highest BCUT2D eigenvalue weighted by molar-refractivity contribution is 7.92. The van der Waals surface area contributed by atoms with Gasteiger partial charge in [0.25, 0.3) is 0 Å². The fraction of sp³-hybridized carbons (Fsp3) is 0.478. The number of likely N-dealkylation sites (tertiary alicyclic amines) is 1. The number of hydrogen-bond donors (Lipinski definition) is 2. The average molecular weight is 449 g/mol. The van der Waals surface area contributed by atoms with Crippen LogP contribution in [-0.2, 0) is 22.0 Å². The van der Waals surface area contributed by atoms with Crippen molar-refractivity contribution in [1.82, 2.24) is 4.90 Å². The number of hydrogen-bond acceptors (Lipinski definition) is 5. The highest BCUT2D eigenvalue weighted by Gasteiger charge is 2.36. The summed E-state index contributed by atoms with van der Waals surface area (Å²) in [5.41, 5.74) is 1.52. The lowest BCUT2D eigenvalue weighted by Gasteiger charge is -2.39. The predicted octanol–water partition coefficient (Wildman–Crippen LogP) is 2.55. The Bertz CT molecular complexity index is 1050. The fourth-order valence-electron chi connectivity index (χ4n) is 4.70. The van der Waals surface area contributed by atoms with Crippen molar-refractivity contribution in [3.05, 3.63) is 65.0 Å². The van der Waals surface area contributed by atoms with E-state index in [-0.39, 0.29) is 0 Å². The molecule has 2 aromatic carbocycles. The molecule has 31 heavy (non-hydrogen) atoms. The van der Waals surface area contributed by atoms with Crippen molar-refractivity contribution in [2.24, 2.45) is 0 Å². The molecule has 0 amide bonds. The summed E-state index contributed by atoms with van der Waals surface area (Å²) in [7, 11) is -3.32. The molecule has 8 heteroatoms. The minimum absolute atomic E-state index is 0.334. The van der Waals surface area contributed by atoms with Gasteiger partial charge < -0.3 is 15.1 Å². The maximum absolute atomic E-state index is 14.1. The molecular weight excluding hydrogens is 419 g/mol. The molecule has 4 rings (SSSR count). The SMILES string of the molecule is CS(=O)(=O)N1CCCc2cc([C@H](O)CN3CCC(O)(c4ccccc4F)CC3)ccc21. The summed E-state index contributed by atoms with van der Waals surface area (Å²) < 4.78 is 39.6. The van der Waals surface area contributed by atoms with Crippen LogP contribution in [0.2, 0.25) is 0 Å². The minimum atomic E-state index is -3.32. The number of anilines is 1. The molecule has 1 atom stereocenters. The molecule has 0 aliphatic carbocycles. The number of halogens is 1. The van der Waals surface area contributed by atoms with Crippen LogP contribution in [0.25, 0.3) is 0 Å². The molecule has 1 fully saturated rings. The van der Waals surface area contributed by atoms with Crippen molar-refractivity contribution in [2.45, 2.75) is 37.4 Å². The van der Waals surface area contributed by atoms with Crippen LogP contribution in [0.5, 0.6) is 0 Å². The third kappa shape index (κ3) is 4.62. The summed E-state index contributed by atoms with van der Waals surface area (Å²) >= 11 is 0. The van der Waals surface area contributed by atoms with Gasteiger partial charge in [0.1, 0.15) is 5.82 Å². The Morgan fingerprint density at radius 2 is 1.84 bits per heavy atom. The molecule has 2 heterocycles. The normalized spacial score (nSPS) is 20.3. The van der Waals surface area contributed by atoms with Crippen LogP contribution in [0.4, 0.5) is 10.1 Å². The molecule has 0 spiro atoms. The molecule has 0 unspecified atom stereocenters. The molecule has 0 radical (unpaired) electrons. The highest BCUT2D eigenvalue weighted by Crippen LogP contribution is 2.35. The molecule has 2 aromatic rings. The topological polar surface area (TPSA) is 81.1 Å². The van der Waals surface area contributed by atoms with Gasteiger partial charge in [0.05, 0.1) is 23.6 Å². The molecule has 6 nitrogen and oxygen atoms in total. The summed E-state index contributed by atoms with van der Waals surface area (Å²) in [6, 6.07) is 11.8. The van der Waals surface area contributed by atoms with Crippen LogP contribution in [0.1, 0.15) is 42.1 Å². The first-order valence-corrected chi connectivity index (χ1v) is 12.5. The molecule has 0 aromatic heterocycles. The lowest BCUT2D eigenvalue weighted by atomic mass is 9.84. The standard InChI is InChI=1S/C23H29FN2O4S/c1-31(29,30)26-12-4-5-17-15-18(8-9-21(17)26)22(27)16-25-13-10-23(28,11-14-25)19-6-2-3-7-20(19)24/h2-3,6-9,15,22,27-28H,4-5,10-14,16H2,1H3/t22-/m1/s1. The zero-order chi connectivity index (χ0) is 22.2. The molecular formula is C23H29FN2O4S. The second-order valence-electron chi connectivity index (χ2n) is 8.65. The second-order valence-corrected chi connectivity index (χ2v) is 10.6. The van der Waals surface area contributed by atoms with E-state index in [2.05, 4.69) is 4.90 Å². The minimum Gasteiger partial charge on any atom is -0.387 e. The van der Waals surface area contributed by atoms with Crippen LogP contribution >= 0.6 is 0 Å². The molecule has 2 N–H and O–H groups in total. The van der Waals surface area contributed by atoms with Crippen molar-refractivity contribution in [1.29, 1.82) is 0 Å². The number of aryl methyl sites for hydroxylation is 1. The van der Waals surface area contributed by atoms with Gasteiger partial charge in [0.15, 0.2) is 0 Å². The van der Waals surface area contributed by atoms with E-state index in [0.29, 0.717) is 50.3 Å². The Hall–Kier alpha value is -2.00. The number of rotatable bonds is 5. The third-order valence-corrected chi connectivity index (χ3v) is 7.63. The van der Waals surface area contributed by atoms with E-state index >= 15 is 0 Å². The van der Waals surface area contributed by atoms with Crippen LogP contribution in [0.3, 0.4) is 0 Å². The van der Waals surface area contributed by atoms with Gasteiger partial charge >= 0.3 is 0 Å². The van der Waals surface area contributed by atoms with Crippen LogP contribution in [0.15, 0.2) is 42.5 Å². The number of sulfonamides is 1. The van der Waals surface area contributed by atoms with Gasteiger partial charge in [0.2, 0.25) is 10.0 Å². The number of benzene rings is 2. The Morgan fingerprint density at radius 1 is 1.13 bits per heavy atom. The number of nitrogens with zero attached hydrogens (tertiary/aromatic N) is 2. The Morgan fingerprint density at radius 3 is 2.52 bits per heavy atom. The first-order valence-electron chi connectivity index (χ1n) is 10.7. The van der Waals surface area contributed by atoms with E-state index in [1.54, 1.807) is 30.3 Å². The zero-order valence-electron chi connectivity index (χ0n) is 17.7. The van der Waals surface area contributed by atoms with Gasteiger partial charge in [-0.1, -0.05) is 30.3 Å². The highest BCUT2D eigenvalue weighted by atomic mass is 32.2. The Labute approximate surface area is 183 Å². The molecule has 168 valence electrons. The number of piperidine rings is 1. The van der Waals surface area contributed by atoms with Gasteiger partial charge in [-0.05, 0) is 48.9 Å². The Balaban J connectivity index is 1.42. The Kier molecular flexibility index (Phi) is 6.09. The predicted molar refractivity (Wildman–Crippen MR) is 118 cm³/mol. The largest absolute Gasteiger partial charge is 0.387 e.